The van der Waals surface area contributed by atoms with E-state index in [2.05, 4.69) is 38.8 Å². The van der Waals surface area contributed by atoms with Gasteiger partial charge in [-0.3, -0.25) is 28.8 Å². The van der Waals surface area contributed by atoms with Crippen LogP contribution in [0, 0.1) is 35.5 Å². The van der Waals surface area contributed by atoms with Crippen LogP contribution in [-0.4, -0.2) is 92.9 Å². The van der Waals surface area contributed by atoms with E-state index in [0.717, 1.165) is 40.0 Å². The molecule has 16 heteroatoms. The number of ether oxygens (including phenoxy) is 2. The molecule has 59 heavy (non-hydrogen) atoms. The molecule has 0 bridgehead atoms. The molecule has 5 aliphatic rings. The molecule has 14 nitrogen and oxygen atoms in total. The number of hydrogen-bond acceptors (Lipinski definition) is 11. The molecule has 1 saturated heterocycles. The quantitative estimate of drug-likeness (QED) is 0.149. The summed E-state index contributed by atoms with van der Waals surface area (Å²) in [6, 6.07) is 5.99. The average molecular weight is 897 g/mol. The Balaban J connectivity index is 1.03. The predicted molar refractivity (Wildman–Crippen MR) is 219 cm³/mol. The van der Waals surface area contributed by atoms with Gasteiger partial charge < -0.3 is 40.7 Å². The number of rotatable bonds is 14. The number of hydrogen-bond donors (Lipinski definition) is 6. The van der Waals surface area contributed by atoms with Crippen LogP contribution in [0.3, 0.4) is 0 Å². The van der Waals surface area contributed by atoms with E-state index in [9.17, 15) is 39.0 Å². The second-order valence-electron chi connectivity index (χ2n) is 16.9. The van der Waals surface area contributed by atoms with Crippen LogP contribution in [0.1, 0.15) is 80.2 Å². The largest absolute Gasteiger partial charge is 0.481 e. The van der Waals surface area contributed by atoms with E-state index in [4.69, 9.17) is 14.6 Å². The fourth-order valence-corrected chi connectivity index (χ4v) is 12.1. The summed E-state index contributed by atoms with van der Waals surface area (Å²) in [5.41, 5.74) is 1.43. The van der Waals surface area contributed by atoms with Crippen molar-refractivity contribution in [1.82, 2.24) is 10.6 Å². The second kappa shape index (κ2) is 16.8. The van der Waals surface area contributed by atoms with Gasteiger partial charge in [-0.2, -0.15) is 0 Å². The summed E-state index contributed by atoms with van der Waals surface area (Å²) in [7, 11) is 0. The number of thiophene rings is 1. The zero-order valence-electron chi connectivity index (χ0n) is 33.1. The molecule has 3 saturated carbocycles. The fourth-order valence-electron chi connectivity index (χ4n) is 10.8. The number of anilines is 1. The van der Waals surface area contributed by atoms with Crippen LogP contribution < -0.4 is 16.0 Å². The van der Waals surface area contributed by atoms with Gasteiger partial charge in [0.05, 0.1) is 24.1 Å². The number of allylic oxidation sites excluding steroid dienone is 4. The van der Waals surface area contributed by atoms with Crippen molar-refractivity contribution in [3.63, 3.8) is 0 Å². The first-order valence-electron chi connectivity index (χ1n) is 19.9. The Morgan fingerprint density at radius 2 is 1.85 bits per heavy atom. The minimum atomic E-state index is -1.45. The van der Waals surface area contributed by atoms with E-state index >= 15 is 0 Å². The van der Waals surface area contributed by atoms with Gasteiger partial charge in [-0.1, -0.05) is 53.6 Å². The highest BCUT2D eigenvalue weighted by Gasteiger charge is 2.76. The van der Waals surface area contributed by atoms with E-state index in [1.165, 1.54) is 11.3 Å². The third-order valence-electron chi connectivity index (χ3n) is 13.7. The van der Waals surface area contributed by atoms with Crippen molar-refractivity contribution in [2.75, 3.05) is 23.8 Å². The number of benzene rings is 1. The Labute approximate surface area is 354 Å². The number of carboxylic acid groups (broad SMARTS) is 1. The smallest absolute Gasteiger partial charge is 0.303 e. The number of amides is 3. The first-order valence-corrected chi connectivity index (χ1v) is 21.9. The standard InChI is InChI=1S/C43H50BrN3O11S/c1-22-28(21-59-32(22)14-23-4-7-25(8-5-23)46-39(56)30(10-11-37(54)55)47-36(53)19-45-35(52)18-44)40-57-34-16-29-27-9-6-24-15-26(49)12-13-41(24,2)38(27)31(50)17-42(29,3)43(34,58-40)33(51)20-48/h4-5,7-8,12-13,15,21,27,29-31,34,38,40,48,50H,6,9-11,14,16-20H2,1-3H3,(H,45,52)(H,46,56)(H,47,53)(H,54,55)/t27-,29-,30-,31-,34+,38+,40+,41-,42-,43+/m0/s1. The molecule has 2 aromatic rings. The van der Waals surface area contributed by atoms with Gasteiger partial charge in [-0.15, -0.1) is 11.3 Å². The lowest BCUT2D eigenvalue weighted by atomic mass is 9.46. The molecule has 1 aromatic heterocycles. The maximum absolute atomic E-state index is 14.0. The van der Waals surface area contributed by atoms with E-state index < -0.39 is 77.1 Å². The molecule has 316 valence electrons. The number of carboxylic acids is 1. The van der Waals surface area contributed by atoms with Crippen LogP contribution >= 0.6 is 27.3 Å². The molecule has 0 radical (unpaired) electrons. The fraction of sp³-hybridized carbons (Fsp3) is 0.535. The molecular formula is C43H50BrN3O11S. The monoisotopic (exact) mass is 895 g/mol. The summed E-state index contributed by atoms with van der Waals surface area (Å²) in [5.74, 6) is -3.34. The maximum atomic E-state index is 14.0. The molecule has 1 aromatic carbocycles. The number of carbonyl (C=O) groups is 6. The number of alkyl halides is 1. The number of aliphatic hydroxyl groups is 2. The molecular weight excluding hydrogens is 846 g/mol. The zero-order valence-corrected chi connectivity index (χ0v) is 35.5. The van der Waals surface area contributed by atoms with Gasteiger partial charge in [0.2, 0.25) is 17.7 Å². The van der Waals surface area contributed by atoms with Crippen molar-refractivity contribution < 1.29 is 53.6 Å². The first-order chi connectivity index (χ1) is 28.0. The van der Waals surface area contributed by atoms with Crippen LogP contribution in [0.5, 0.6) is 0 Å². The SMILES string of the molecule is Cc1c([C@@H]2O[C@@H]3C[C@H]4[C@@H]5CCC6=CC(=O)C=C[C@]6(C)[C@H]5[C@@H](O)C[C@]4(C)[C@]3(C(=O)CO)O2)csc1Cc1ccc(NC(=O)[C@H](CCC(=O)O)NC(=O)CNC(=O)CBr)cc1. The number of nitrogens with one attached hydrogen (secondary N) is 3. The first kappa shape index (κ1) is 43.0. The minimum Gasteiger partial charge on any atom is -0.481 e. The van der Waals surface area contributed by atoms with Crippen LogP contribution in [0.25, 0.3) is 0 Å². The molecule has 3 amide bonds. The molecule has 4 aliphatic carbocycles. The van der Waals surface area contributed by atoms with Crippen molar-refractivity contribution in [3.8, 4) is 0 Å². The number of aliphatic carboxylic acids is 1. The highest BCUT2D eigenvalue weighted by molar-refractivity contribution is 9.09. The van der Waals surface area contributed by atoms with Crippen LogP contribution in [0.4, 0.5) is 5.69 Å². The molecule has 4 fully saturated rings. The Kier molecular flexibility index (Phi) is 12.2. The second-order valence-corrected chi connectivity index (χ2v) is 18.4. The summed E-state index contributed by atoms with van der Waals surface area (Å²) < 4.78 is 13.5. The van der Waals surface area contributed by atoms with Gasteiger partial charge in [0.25, 0.3) is 0 Å². The molecule has 2 heterocycles. The average Bonchev–Trinajstić information content (AvgIpc) is 3.84. The molecule has 1 aliphatic heterocycles. The van der Waals surface area contributed by atoms with Crippen molar-refractivity contribution >= 4 is 68.2 Å². The van der Waals surface area contributed by atoms with Crippen molar-refractivity contribution in [2.24, 2.45) is 28.6 Å². The molecule has 7 rings (SSSR count). The highest BCUT2D eigenvalue weighted by atomic mass is 79.9. The van der Waals surface area contributed by atoms with Crippen LogP contribution in [-0.2, 0) is 44.7 Å². The lowest BCUT2D eigenvalue weighted by Crippen LogP contribution is -2.63. The molecule has 0 unspecified atom stereocenters. The molecule has 6 N–H and O–H groups in total. The molecule has 10 atom stereocenters. The summed E-state index contributed by atoms with van der Waals surface area (Å²) in [6.45, 7) is 5.01. The Morgan fingerprint density at radius 3 is 2.54 bits per heavy atom. The topological polar surface area (TPSA) is 218 Å². The molecule has 0 spiro atoms. The zero-order chi connectivity index (χ0) is 42.4. The lowest BCUT2D eigenvalue weighted by molar-refractivity contribution is -0.201. The van der Waals surface area contributed by atoms with E-state index in [1.54, 1.807) is 24.3 Å². The lowest BCUT2D eigenvalue weighted by Gasteiger charge is -2.59. The summed E-state index contributed by atoms with van der Waals surface area (Å²) in [6.07, 6.45) is 5.41. The Bertz CT molecular complexity index is 2100. The van der Waals surface area contributed by atoms with Crippen LogP contribution in [0.2, 0.25) is 0 Å². The van der Waals surface area contributed by atoms with Gasteiger partial charge in [0.1, 0.15) is 12.6 Å². The van der Waals surface area contributed by atoms with Crippen LogP contribution in [0.15, 0.2) is 53.4 Å². The van der Waals surface area contributed by atoms with Gasteiger partial charge in [0, 0.05) is 45.7 Å². The minimum absolute atomic E-state index is 0.00180. The summed E-state index contributed by atoms with van der Waals surface area (Å²) in [4.78, 5) is 75.5. The third kappa shape index (κ3) is 7.76. The van der Waals surface area contributed by atoms with E-state index in [1.807, 2.05) is 37.4 Å². The van der Waals surface area contributed by atoms with Crippen molar-refractivity contribution in [1.29, 1.82) is 0 Å². The van der Waals surface area contributed by atoms with Gasteiger partial charge in [0.15, 0.2) is 23.5 Å². The maximum Gasteiger partial charge on any atom is 0.303 e. The normalized spacial score (nSPS) is 32.2. The summed E-state index contributed by atoms with van der Waals surface area (Å²) in [5, 5.41) is 41.1. The Morgan fingerprint density at radius 1 is 1.10 bits per heavy atom. The van der Waals surface area contributed by atoms with E-state index in [-0.39, 0.29) is 48.3 Å². The van der Waals surface area contributed by atoms with Crippen molar-refractivity contribution in [2.45, 2.75) is 95.9 Å². The Hall–Kier alpha value is -4.06. The predicted octanol–water partition coefficient (Wildman–Crippen LogP) is 4.05. The highest BCUT2D eigenvalue weighted by Crippen LogP contribution is 2.70. The van der Waals surface area contributed by atoms with E-state index in [0.29, 0.717) is 24.9 Å². The van der Waals surface area contributed by atoms with Gasteiger partial charge in [-0.05, 0) is 91.7 Å². The van der Waals surface area contributed by atoms with Gasteiger partial charge in [-0.25, -0.2) is 0 Å². The van der Waals surface area contributed by atoms with Gasteiger partial charge >= 0.3 is 5.97 Å². The number of halogens is 1. The summed E-state index contributed by atoms with van der Waals surface area (Å²) >= 11 is 4.52. The third-order valence-corrected chi connectivity index (χ3v) is 15.3. The number of ketones is 2. The number of carbonyl (C=O) groups excluding carboxylic acids is 5. The van der Waals surface area contributed by atoms with Crippen molar-refractivity contribution in [3.05, 3.63) is 75.0 Å². The number of fused-ring (bicyclic) bond motifs is 7. The number of Topliss-reactive ketones (excluding diaryl/α,β-unsaturated/α-hetero) is 1. The number of aliphatic hydroxyl groups excluding tert-OH is 2.